The fourth-order valence-electron chi connectivity index (χ4n) is 1.52. The van der Waals surface area contributed by atoms with Gasteiger partial charge < -0.3 is 16.2 Å². The Morgan fingerprint density at radius 2 is 1.95 bits per heavy atom. The van der Waals surface area contributed by atoms with Crippen molar-refractivity contribution in [3.05, 3.63) is 52.8 Å². The lowest BCUT2D eigenvalue weighted by Gasteiger charge is -2.11. The van der Waals surface area contributed by atoms with Gasteiger partial charge in [0.25, 0.3) is 5.91 Å². The van der Waals surface area contributed by atoms with Crippen molar-refractivity contribution in [2.75, 3.05) is 5.73 Å². The molecule has 0 bridgehead atoms. The van der Waals surface area contributed by atoms with E-state index in [4.69, 9.17) is 27.8 Å². The molecular weight excluding hydrogens is 271 g/mol. The van der Waals surface area contributed by atoms with Gasteiger partial charge in [-0.2, -0.15) is 0 Å². The number of primary amides is 1. The zero-order valence-electron chi connectivity index (χ0n) is 9.69. The van der Waals surface area contributed by atoms with E-state index in [-0.39, 0.29) is 27.8 Å². The number of amides is 1. The summed E-state index contributed by atoms with van der Waals surface area (Å²) in [5, 5.41) is 0.101. The second kappa shape index (κ2) is 5.16. The molecule has 0 unspecified atom stereocenters. The number of para-hydroxylation sites is 1. The van der Waals surface area contributed by atoms with Crippen LogP contribution in [0.25, 0.3) is 0 Å². The molecule has 1 amide bonds. The molecule has 2 rings (SSSR count). The van der Waals surface area contributed by atoms with Crippen LogP contribution in [0, 0.1) is 5.82 Å². The standard InChI is InChI=1S/C13H10ClFN2O2/c14-9-6-7(15)4-5-10(9)19-11-3-1-2-8(12(11)16)13(17)18/h1-6H,16H2,(H2,17,18). The maximum atomic E-state index is 12.9. The Hall–Kier alpha value is -2.27. The van der Waals surface area contributed by atoms with E-state index in [1.54, 1.807) is 12.1 Å². The Bertz CT molecular complexity index is 647. The summed E-state index contributed by atoms with van der Waals surface area (Å²) >= 11 is 5.84. The minimum atomic E-state index is -0.659. The zero-order chi connectivity index (χ0) is 14.0. The van der Waals surface area contributed by atoms with Gasteiger partial charge in [0.05, 0.1) is 16.3 Å². The second-order valence-electron chi connectivity index (χ2n) is 3.76. The van der Waals surface area contributed by atoms with E-state index in [1.165, 1.54) is 18.2 Å². The van der Waals surface area contributed by atoms with E-state index >= 15 is 0 Å². The van der Waals surface area contributed by atoms with Gasteiger partial charge in [-0.3, -0.25) is 4.79 Å². The van der Waals surface area contributed by atoms with Crippen molar-refractivity contribution >= 4 is 23.2 Å². The van der Waals surface area contributed by atoms with E-state index < -0.39 is 11.7 Å². The summed E-state index contributed by atoms with van der Waals surface area (Å²) in [4.78, 5) is 11.1. The number of nitrogen functional groups attached to an aromatic ring is 1. The summed E-state index contributed by atoms with van der Waals surface area (Å²) < 4.78 is 18.4. The van der Waals surface area contributed by atoms with Crippen molar-refractivity contribution < 1.29 is 13.9 Å². The number of nitrogens with two attached hydrogens (primary N) is 2. The van der Waals surface area contributed by atoms with Gasteiger partial charge in [-0.05, 0) is 30.3 Å². The van der Waals surface area contributed by atoms with Gasteiger partial charge in [-0.25, -0.2) is 4.39 Å². The van der Waals surface area contributed by atoms with Crippen LogP contribution in [0.5, 0.6) is 11.5 Å². The first-order valence-corrected chi connectivity index (χ1v) is 5.68. The monoisotopic (exact) mass is 280 g/mol. The van der Waals surface area contributed by atoms with Crippen molar-refractivity contribution in [2.24, 2.45) is 5.73 Å². The normalized spacial score (nSPS) is 10.2. The van der Waals surface area contributed by atoms with Gasteiger partial charge in [0, 0.05) is 0 Å². The number of hydrogen-bond acceptors (Lipinski definition) is 3. The SMILES string of the molecule is NC(=O)c1cccc(Oc2ccc(F)cc2Cl)c1N. The maximum absolute atomic E-state index is 12.9. The van der Waals surface area contributed by atoms with Crippen LogP contribution >= 0.6 is 11.6 Å². The molecule has 0 aliphatic carbocycles. The fraction of sp³-hybridized carbons (Fsp3) is 0. The predicted octanol–water partition coefficient (Wildman–Crippen LogP) is 2.95. The lowest BCUT2D eigenvalue weighted by atomic mass is 10.1. The molecule has 19 heavy (non-hydrogen) atoms. The second-order valence-corrected chi connectivity index (χ2v) is 4.17. The lowest BCUT2D eigenvalue weighted by Crippen LogP contribution is -2.13. The first-order valence-electron chi connectivity index (χ1n) is 5.30. The van der Waals surface area contributed by atoms with Gasteiger partial charge >= 0.3 is 0 Å². The van der Waals surface area contributed by atoms with Gasteiger partial charge in [0.15, 0.2) is 5.75 Å². The smallest absolute Gasteiger partial charge is 0.250 e. The van der Waals surface area contributed by atoms with Crippen LogP contribution < -0.4 is 16.2 Å². The van der Waals surface area contributed by atoms with Crippen molar-refractivity contribution in [2.45, 2.75) is 0 Å². The van der Waals surface area contributed by atoms with E-state index in [1.807, 2.05) is 0 Å². The molecule has 0 heterocycles. The van der Waals surface area contributed by atoms with E-state index in [2.05, 4.69) is 0 Å². The summed E-state index contributed by atoms with van der Waals surface area (Å²) in [5.74, 6) is -0.675. The number of hydrogen-bond donors (Lipinski definition) is 2. The molecule has 0 fully saturated rings. The van der Waals surface area contributed by atoms with Crippen LogP contribution in [0.4, 0.5) is 10.1 Å². The Balaban J connectivity index is 2.38. The summed E-state index contributed by atoms with van der Waals surface area (Å²) in [5.41, 5.74) is 11.2. The van der Waals surface area contributed by atoms with Crippen molar-refractivity contribution in [1.82, 2.24) is 0 Å². The zero-order valence-corrected chi connectivity index (χ0v) is 10.4. The van der Waals surface area contributed by atoms with Crippen LogP contribution in [0.15, 0.2) is 36.4 Å². The summed E-state index contributed by atoms with van der Waals surface area (Å²) in [6.07, 6.45) is 0. The highest BCUT2D eigenvalue weighted by molar-refractivity contribution is 6.32. The highest BCUT2D eigenvalue weighted by Gasteiger charge is 2.12. The molecule has 0 atom stereocenters. The summed E-state index contributed by atoms with van der Waals surface area (Å²) in [7, 11) is 0. The van der Waals surface area contributed by atoms with Crippen LogP contribution in [0.2, 0.25) is 5.02 Å². The molecular formula is C13H10ClFN2O2. The van der Waals surface area contributed by atoms with Crippen LogP contribution in [0.3, 0.4) is 0 Å². The molecule has 0 saturated carbocycles. The third-order valence-corrected chi connectivity index (χ3v) is 2.74. The Labute approximate surface area is 113 Å². The highest BCUT2D eigenvalue weighted by atomic mass is 35.5. The molecule has 0 radical (unpaired) electrons. The minimum Gasteiger partial charge on any atom is -0.454 e. The molecule has 4 nitrogen and oxygen atoms in total. The third-order valence-electron chi connectivity index (χ3n) is 2.45. The molecule has 0 saturated heterocycles. The Morgan fingerprint density at radius 3 is 2.58 bits per heavy atom. The van der Waals surface area contributed by atoms with Crippen molar-refractivity contribution in [3.8, 4) is 11.5 Å². The molecule has 0 spiro atoms. The largest absolute Gasteiger partial charge is 0.454 e. The number of carbonyl (C=O) groups is 1. The van der Waals surface area contributed by atoms with Crippen molar-refractivity contribution in [1.29, 1.82) is 0 Å². The molecule has 0 aromatic heterocycles. The Kier molecular flexibility index (Phi) is 3.57. The fourth-order valence-corrected chi connectivity index (χ4v) is 1.73. The van der Waals surface area contributed by atoms with Gasteiger partial charge in [0.2, 0.25) is 0 Å². The molecule has 2 aromatic carbocycles. The van der Waals surface area contributed by atoms with Crippen molar-refractivity contribution in [3.63, 3.8) is 0 Å². The van der Waals surface area contributed by atoms with Crippen LogP contribution in [-0.2, 0) is 0 Å². The molecule has 0 aliphatic rings. The molecule has 6 heteroatoms. The molecule has 0 aliphatic heterocycles. The molecule has 2 aromatic rings. The quantitative estimate of drug-likeness (QED) is 0.849. The number of ether oxygens (including phenoxy) is 1. The highest BCUT2D eigenvalue weighted by Crippen LogP contribution is 2.34. The average molecular weight is 281 g/mol. The first kappa shape index (κ1) is 13.2. The average Bonchev–Trinajstić information content (AvgIpc) is 2.34. The number of benzene rings is 2. The summed E-state index contributed by atoms with van der Waals surface area (Å²) in [6, 6.07) is 8.30. The Morgan fingerprint density at radius 1 is 1.21 bits per heavy atom. The van der Waals surface area contributed by atoms with E-state index in [0.717, 1.165) is 6.07 Å². The van der Waals surface area contributed by atoms with Crippen LogP contribution in [0.1, 0.15) is 10.4 Å². The van der Waals surface area contributed by atoms with Gasteiger partial charge in [-0.1, -0.05) is 17.7 Å². The first-order chi connectivity index (χ1) is 8.99. The number of halogens is 2. The predicted molar refractivity (Wildman–Crippen MR) is 70.9 cm³/mol. The molecule has 98 valence electrons. The molecule has 4 N–H and O–H groups in total. The van der Waals surface area contributed by atoms with E-state index in [0.29, 0.717) is 0 Å². The van der Waals surface area contributed by atoms with E-state index in [9.17, 15) is 9.18 Å². The maximum Gasteiger partial charge on any atom is 0.250 e. The van der Waals surface area contributed by atoms with Crippen LogP contribution in [-0.4, -0.2) is 5.91 Å². The summed E-state index contributed by atoms with van der Waals surface area (Å²) in [6.45, 7) is 0. The number of carbonyl (C=O) groups excluding carboxylic acids is 1. The van der Waals surface area contributed by atoms with Gasteiger partial charge in [-0.15, -0.1) is 0 Å². The number of rotatable bonds is 3. The minimum absolute atomic E-state index is 0.101. The lowest BCUT2D eigenvalue weighted by molar-refractivity contribution is 0.100. The van der Waals surface area contributed by atoms with Gasteiger partial charge in [0.1, 0.15) is 11.6 Å². The topological polar surface area (TPSA) is 78.3 Å². The number of anilines is 1. The third kappa shape index (κ3) is 2.77.